The molecule has 0 radical (unpaired) electrons. The van der Waals surface area contributed by atoms with E-state index in [1.54, 1.807) is 6.33 Å². The molecule has 1 saturated heterocycles. The van der Waals surface area contributed by atoms with E-state index < -0.39 is 0 Å². The fraction of sp³-hybridized carbons (Fsp3) is 0.350. The van der Waals surface area contributed by atoms with Crippen LogP contribution in [-0.4, -0.2) is 51.6 Å². The van der Waals surface area contributed by atoms with Gasteiger partial charge in [0, 0.05) is 37.6 Å². The van der Waals surface area contributed by atoms with Gasteiger partial charge in [-0.25, -0.2) is 14.8 Å². The second kappa shape index (κ2) is 6.90. The van der Waals surface area contributed by atoms with Crippen LogP contribution in [0.2, 0.25) is 0 Å². The molecular formula is C20H24N6O. The zero-order valence-corrected chi connectivity index (χ0v) is 15.9. The third-order valence-electron chi connectivity index (χ3n) is 5.22. The Morgan fingerprint density at radius 3 is 2.78 bits per heavy atom. The molecule has 2 aromatic heterocycles. The first-order chi connectivity index (χ1) is 13.0. The Kier molecular flexibility index (Phi) is 4.43. The number of aromatic nitrogens is 3. The summed E-state index contributed by atoms with van der Waals surface area (Å²) in [6.45, 7) is 8.25. The molecule has 1 aromatic carbocycles. The van der Waals surface area contributed by atoms with Gasteiger partial charge < -0.3 is 20.1 Å². The molecule has 0 unspecified atom stereocenters. The fourth-order valence-electron chi connectivity index (χ4n) is 3.69. The maximum atomic E-state index is 12.8. The van der Waals surface area contributed by atoms with Gasteiger partial charge in [0.05, 0.1) is 5.39 Å². The van der Waals surface area contributed by atoms with Crippen LogP contribution in [0.5, 0.6) is 0 Å². The molecule has 0 bridgehead atoms. The molecule has 27 heavy (non-hydrogen) atoms. The number of aromatic amines is 1. The van der Waals surface area contributed by atoms with Gasteiger partial charge in [0.1, 0.15) is 17.8 Å². The van der Waals surface area contributed by atoms with Crippen LogP contribution in [0.4, 0.5) is 16.3 Å². The van der Waals surface area contributed by atoms with Crippen LogP contribution in [0.1, 0.15) is 18.1 Å². The molecule has 1 fully saturated rings. The molecule has 7 nitrogen and oxygen atoms in total. The number of nitrogens with one attached hydrogen (secondary N) is 2. The van der Waals surface area contributed by atoms with E-state index in [4.69, 9.17) is 0 Å². The van der Waals surface area contributed by atoms with Crippen molar-refractivity contribution in [3.63, 3.8) is 0 Å². The van der Waals surface area contributed by atoms with Crippen molar-refractivity contribution in [1.29, 1.82) is 0 Å². The Balaban J connectivity index is 1.50. The Labute approximate surface area is 158 Å². The van der Waals surface area contributed by atoms with Crippen molar-refractivity contribution < 1.29 is 4.79 Å². The lowest BCUT2D eigenvalue weighted by atomic mass is 10.1. The van der Waals surface area contributed by atoms with Gasteiger partial charge in [-0.05, 0) is 38.0 Å². The van der Waals surface area contributed by atoms with Gasteiger partial charge >= 0.3 is 6.03 Å². The molecule has 1 aliphatic rings. The van der Waals surface area contributed by atoms with Gasteiger partial charge in [0.25, 0.3) is 0 Å². The number of rotatable bonds is 2. The third kappa shape index (κ3) is 3.20. The van der Waals surface area contributed by atoms with Gasteiger partial charge in [-0.15, -0.1) is 0 Å². The SMILES string of the molecule is Cc1ccccc1NC(=O)N1CCN(c2ncnc3[nH]cc(C)c23)C[C@@H]1C. The molecule has 2 amide bonds. The molecule has 7 heteroatoms. The number of fused-ring (bicyclic) bond motifs is 1. The number of urea groups is 1. The van der Waals surface area contributed by atoms with Crippen LogP contribution in [0, 0.1) is 13.8 Å². The van der Waals surface area contributed by atoms with Crippen LogP contribution < -0.4 is 10.2 Å². The fourth-order valence-corrected chi connectivity index (χ4v) is 3.69. The number of hydrogen-bond donors (Lipinski definition) is 2. The van der Waals surface area contributed by atoms with E-state index in [-0.39, 0.29) is 12.1 Å². The average molecular weight is 364 g/mol. The predicted octanol–water partition coefficient (Wildman–Crippen LogP) is 3.32. The number of aryl methyl sites for hydroxylation is 2. The summed E-state index contributed by atoms with van der Waals surface area (Å²) in [4.78, 5) is 28.9. The molecule has 0 aliphatic carbocycles. The smallest absolute Gasteiger partial charge is 0.322 e. The van der Waals surface area contributed by atoms with E-state index >= 15 is 0 Å². The van der Waals surface area contributed by atoms with E-state index in [2.05, 4.69) is 39.0 Å². The maximum Gasteiger partial charge on any atom is 0.322 e. The lowest BCUT2D eigenvalue weighted by Crippen LogP contribution is -2.55. The minimum absolute atomic E-state index is 0.0536. The number of carbonyl (C=O) groups is 1. The van der Waals surface area contributed by atoms with E-state index in [0.29, 0.717) is 6.54 Å². The highest BCUT2D eigenvalue weighted by molar-refractivity contribution is 5.92. The number of benzene rings is 1. The zero-order valence-electron chi connectivity index (χ0n) is 15.9. The molecule has 3 heterocycles. The van der Waals surface area contributed by atoms with Crippen molar-refractivity contribution in [1.82, 2.24) is 19.9 Å². The second-order valence-corrected chi connectivity index (χ2v) is 7.13. The largest absolute Gasteiger partial charge is 0.352 e. The highest BCUT2D eigenvalue weighted by Crippen LogP contribution is 2.27. The van der Waals surface area contributed by atoms with E-state index in [9.17, 15) is 4.79 Å². The molecule has 0 spiro atoms. The van der Waals surface area contributed by atoms with Gasteiger partial charge in [-0.3, -0.25) is 0 Å². The third-order valence-corrected chi connectivity index (χ3v) is 5.22. The molecule has 4 rings (SSSR count). The van der Waals surface area contributed by atoms with Crippen LogP contribution in [0.25, 0.3) is 11.0 Å². The minimum atomic E-state index is -0.0536. The lowest BCUT2D eigenvalue weighted by molar-refractivity contribution is 0.184. The van der Waals surface area contributed by atoms with Crippen LogP contribution in [-0.2, 0) is 0 Å². The number of piperazine rings is 1. The summed E-state index contributed by atoms with van der Waals surface area (Å²) >= 11 is 0. The second-order valence-electron chi connectivity index (χ2n) is 7.13. The lowest BCUT2D eigenvalue weighted by Gasteiger charge is -2.40. The summed E-state index contributed by atoms with van der Waals surface area (Å²) in [6, 6.07) is 7.85. The first-order valence-electron chi connectivity index (χ1n) is 9.21. The highest BCUT2D eigenvalue weighted by atomic mass is 16.2. The first-order valence-corrected chi connectivity index (χ1v) is 9.21. The zero-order chi connectivity index (χ0) is 19.0. The summed E-state index contributed by atoms with van der Waals surface area (Å²) in [5, 5.41) is 4.10. The number of anilines is 2. The topological polar surface area (TPSA) is 77.2 Å². The first kappa shape index (κ1) is 17.3. The van der Waals surface area contributed by atoms with Crippen molar-refractivity contribution in [2.24, 2.45) is 0 Å². The molecule has 0 saturated carbocycles. The minimum Gasteiger partial charge on any atom is -0.352 e. The Morgan fingerprint density at radius 1 is 1.19 bits per heavy atom. The van der Waals surface area contributed by atoms with Gasteiger partial charge in [0.15, 0.2) is 0 Å². The van der Waals surface area contributed by atoms with Crippen molar-refractivity contribution in [2.45, 2.75) is 26.8 Å². The predicted molar refractivity (Wildman–Crippen MR) is 107 cm³/mol. The molecule has 140 valence electrons. The van der Waals surface area contributed by atoms with Crippen LogP contribution in [0.3, 0.4) is 0 Å². The van der Waals surface area contributed by atoms with Crippen molar-refractivity contribution in [2.75, 3.05) is 29.9 Å². The number of H-pyrrole nitrogens is 1. The quantitative estimate of drug-likeness (QED) is 0.731. The summed E-state index contributed by atoms with van der Waals surface area (Å²) in [5.41, 5.74) is 3.90. The molecule has 2 N–H and O–H groups in total. The standard InChI is InChI=1S/C20H24N6O/c1-13-6-4-5-7-16(13)24-20(27)26-9-8-25(11-15(26)3)19-17-14(2)10-21-18(17)22-12-23-19/h4-7,10,12,15H,8-9,11H2,1-3H3,(H,24,27)(H,21,22,23)/t15-/m0/s1. The number of amides is 2. The van der Waals surface area contributed by atoms with Crippen molar-refractivity contribution >= 4 is 28.6 Å². The number of para-hydroxylation sites is 1. The summed E-state index contributed by atoms with van der Waals surface area (Å²) in [5.74, 6) is 0.935. The van der Waals surface area contributed by atoms with E-state index in [0.717, 1.165) is 46.8 Å². The van der Waals surface area contributed by atoms with Gasteiger partial charge in [-0.1, -0.05) is 18.2 Å². The Hall–Kier alpha value is -3.09. The van der Waals surface area contributed by atoms with Crippen molar-refractivity contribution in [3.8, 4) is 0 Å². The normalized spacial score (nSPS) is 17.4. The number of hydrogen-bond acceptors (Lipinski definition) is 4. The monoisotopic (exact) mass is 364 g/mol. The Morgan fingerprint density at radius 2 is 2.00 bits per heavy atom. The van der Waals surface area contributed by atoms with Crippen molar-refractivity contribution in [3.05, 3.63) is 47.9 Å². The molecular weight excluding hydrogens is 340 g/mol. The number of carbonyl (C=O) groups excluding carboxylic acids is 1. The van der Waals surface area contributed by atoms with Crippen LogP contribution in [0.15, 0.2) is 36.8 Å². The summed E-state index contributed by atoms with van der Waals surface area (Å²) < 4.78 is 0. The summed E-state index contributed by atoms with van der Waals surface area (Å²) in [7, 11) is 0. The molecule has 1 aliphatic heterocycles. The van der Waals surface area contributed by atoms with Crippen LogP contribution >= 0.6 is 0 Å². The van der Waals surface area contributed by atoms with E-state index in [1.165, 1.54) is 0 Å². The summed E-state index contributed by atoms with van der Waals surface area (Å²) in [6.07, 6.45) is 3.55. The molecule has 3 aromatic rings. The highest BCUT2D eigenvalue weighted by Gasteiger charge is 2.29. The average Bonchev–Trinajstić information content (AvgIpc) is 3.05. The molecule has 1 atom stereocenters. The number of nitrogens with zero attached hydrogens (tertiary/aromatic N) is 4. The Bertz CT molecular complexity index is 982. The van der Waals surface area contributed by atoms with E-state index in [1.807, 2.05) is 42.3 Å². The van der Waals surface area contributed by atoms with Gasteiger partial charge in [-0.2, -0.15) is 0 Å². The maximum absolute atomic E-state index is 12.8. The van der Waals surface area contributed by atoms with Gasteiger partial charge in [0.2, 0.25) is 0 Å².